The molecule has 1 aromatic heterocycles. The van der Waals surface area contributed by atoms with Gasteiger partial charge in [0.15, 0.2) is 0 Å². The summed E-state index contributed by atoms with van der Waals surface area (Å²) in [5.74, 6) is 1.19. The summed E-state index contributed by atoms with van der Waals surface area (Å²) in [5.41, 5.74) is 2.73. The van der Waals surface area contributed by atoms with Gasteiger partial charge in [0.25, 0.3) is 0 Å². The molecular weight excluding hydrogens is 186 g/mol. The maximum Gasteiger partial charge on any atom is 0.106 e. The van der Waals surface area contributed by atoms with E-state index in [1.807, 2.05) is 0 Å². The average Bonchev–Trinajstić information content (AvgIpc) is 2.54. The maximum absolute atomic E-state index is 4.68. The Morgan fingerprint density at radius 3 is 3.07 bits per heavy atom. The molecule has 84 valence electrons. The Kier molecular flexibility index (Phi) is 3.10. The monoisotopic (exact) mass is 207 g/mol. The third kappa shape index (κ3) is 1.93. The van der Waals surface area contributed by atoms with Crippen molar-refractivity contribution in [1.29, 1.82) is 0 Å². The molecule has 1 aromatic rings. The van der Waals surface area contributed by atoms with Crippen LogP contribution in [-0.4, -0.2) is 16.1 Å². The molecule has 0 aliphatic carbocycles. The van der Waals surface area contributed by atoms with Gasteiger partial charge in [0.05, 0.1) is 5.69 Å². The Labute approximate surface area is 91.9 Å². The molecule has 1 N–H and O–H groups in total. The van der Waals surface area contributed by atoms with Gasteiger partial charge in [0, 0.05) is 18.3 Å². The summed E-state index contributed by atoms with van der Waals surface area (Å²) in [6.45, 7) is 8.50. The zero-order valence-electron chi connectivity index (χ0n) is 10.0. The summed E-state index contributed by atoms with van der Waals surface area (Å²) >= 11 is 0. The summed E-state index contributed by atoms with van der Waals surface area (Å²) in [7, 11) is 0. The Morgan fingerprint density at radius 1 is 1.53 bits per heavy atom. The molecule has 2 rings (SSSR count). The molecule has 2 heterocycles. The first-order chi connectivity index (χ1) is 7.24. The summed E-state index contributed by atoms with van der Waals surface area (Å²) in [6, 6.07) is 0.636. The van der Waals surface area contributed by atoms with Gasteiger partial charge in [0.1, 0.15) is 5.82 Å². The predicted octanol–water partition coefficient (Wildman–Crippen LogP) is 2.20. The van der Waals surface area contributed by atoms with Gasteiger partial charge in [0.2, 0.25) is 0 Å². The molecule has 1 aliphatic heterocycles. The van der Waals surface area contributed by atoms with Gasteiger partial charge in [-0.2, -0.15) is 0 Å². The molecule has 15 heavy (non-hydrogen) atoms. The van der Waals surface area contributed by atoms with E-state index in [9.17, 15) is 0 Å². The quantitative estimate of drug-likeness (QED) is 0.823. The molecule has 0 aromatic carbocycles. The maximum atomic E-state index is 4.68. The van der Waals surface area contributed by atoms with E-state index >= 15 is 0 Å². The van der Waals surface area contributed by atoms with Crippen LogP contribution in [0.3, 0.4) is 0 Å². The number of rotatable bonds is 3. The van der Waals surface area contributed by atoms with Crippen molar-refractivity contribution in [3.63, 3.8) is 0 Å². The minimum absolute atomic E-state index is 0.636. The predicted molar refractivity (Wildman–Crippen MR) is 62.0 cm³/mol. The van der Waals surface area contributed by atoms with Gasteiger partial charge in [-0.05, 0) is 39.7 Å². The molecule has 3 nitrogen and oxygen atoms in total. The third-order valence-corrected chi connectivity index (χ3v) is 3.29. The highest BCUT2D eigenvalue weighted by Crippen LogP contribution is 2.28. The van der Waals surface area contributed by atoms with Crippen molar-refractivity contribution in [3.05, 3.63) is 17.2 Å². The number of fused-ring (bicyclic) bond motifs is 1. The van der Waals surface area contributed by atoms with Crippen molar-refractivity contribution in [2.75, 3.05) is 6.54 Å². The Morgan fingerprint density at radius 2 is 2.33 bits per heavy atom. The molecule has 0 fully saturated rings. The van der Waals surface area contributed by atoms with Crippen LogP contribution in [0.2, 0.25) is 0 Å². The van der Waals surface area contributed by atoms with Gasteiger partial charge < -0.3 is 9.88 Å². The van der Waals surface area contributed by atoms with Gasteiger partial charge in [-0.1, -0.05) is 6.92 Å². The summed E-state index contributed by atoms with van der Waals surface area (Å²) in [5, 5.41) is 3.37. The van der Waals surface area contributed by atoms with Gasteiger partial charge in [-0.15, -0.1) is 0 Å². The van der Waals surface area contributed by atoms with Crippen molar-refractivity contribution >= 4 is 0 Å². The van der Waals surface area contributed by atoms with Crippen LogP contribution in [0.25, 0.3) is 0 Å². The molecule has 0 bridgehead atoms. The number of nitrogens with one attached hydrogen (secondary N) is 1. The molecule has 0 spiro atoms. The number of aromatic nitrogens is 2. The summed E-state index contributed by atoms with van der Waals surface area (Å²) in [6.07, 6.45) is 3.81. The molecule has 1 unspecified atom stereocenters. The second-order valence-corrected chi connectivity index (χ2v) is 4.44. The zero-order valence-corrected chi connectivity index (χ0v) is 10.0. The lowest BCUT2D eigenvalue weighted by molar-refractivity contribution is 0.422. The van der Waals surface area contributed by atoms with Crippen molar-refractivity contribution in [3.8, 4) is 0 Å². The highest BCUT2D eigenvalue weighted by Gasteiger charge is 2.21. The number of nitrogens with zero attached hydrogens (tertiary/aromatic N) is 2. The fourth-order valence-electron chi connectivity index (χ4n) is 2.58. The van der Waals surface area contributed by atoms with Crippen LogP contribution in [0.15, 0.2) is 0 Å². The third-order valence-electron chi connectivity index (χ3n) is 3.29. The van der Waals surface area contributed by atoms with Gasteiger partial charge >= 0.3 is 0 Å². The molecule has 0 amide bonds. The van der Waals surface area contributed by atoms with E-state index in [0.29, 0.717) is 6.04 Å². The minimum Gasteiger partial charge on any atom is -0.329 e. The minimum atomic E-state index is 0.636. The Balaban J connectivity index is 2.29. The molecular formula is C12H21N3. The largest absolute Gasteiger partial charge is 0.329 e. The van der Waals surface area contributed by atoms with Crippen LogP contribution < -0.4 is 5.32 Å². The fraction of sp³-hybridized carbons (Fsp3) is 0.750. The molecule has 3 heteroatoms. The number of hydrogen-bond acceptors (Lipinski definition) is 2. The van der Waals surface area contributed by atoms with Crippen molar-refractivity contribution in [2.24, 2.45) is 0 Å². The summed E-state index contributed by atoms with van der Waals surface area (Å²) in [4.78, 5) is 4.68. The van der Waals surface area contributed by atoms with E-state index in [2.05, 4.69) is 35.6 Å². The van der Waals surface area contributed by atoms with E-state index in [4.69, 9.17) is 0 Å². The summed E-state index contributed by atoms with van der Waals surface area (Å²) < 4.78 is 2.43. The van der Waals surface area contributed by atoms with Crippen LogP contribution in [0, 0.1) is 6.92 Å². The topological polar surface area (TPSA) is 29.9 Å². The van der Waals surface area contributed by atoms with E-state index < -0.39 is 0 Å². The lowest BCUT2D eigenvalue weighted by atomic mass is 10.0. The highest BCUT2D eigenvalue weighted by atomic mass is 15.1. The average molecular weight is 207 g/mol. The van der Waals surface area contributed by atoms with Crippen LogP contribution in [0.5, 0.6) is 0 Å². The zero-order chi connectivity index (χ0) is 10.8. The van der Waals surface area contributed by atoms with Crippen LogP contribution in [-0.2, 0) is 13.0 Å². The molecule has 0 radical (unpaired) electrons. The van der Waals surface area contributed by atoms with Gasteiger partial charge in [-0.3, -0.25) is 0 Å². The fourth-order valence-corrected chi connectivity index (χ4v) is 2.58. The van der Waals surface area contributed by atoms with E-state index in [0.717, 1.165) is 13.1 Å². The Hall–Kier alpha value is -0.830. The molecule has 1 atom stereocenters. The number of imidazole rings is 1. The van der Waals surface area contributed by atoms with E-state index in [1.165, 1.54) is 36.5 Å². The second kappa shape index (κ2) is 4.35. The van der Waals surface area contributed by atoms with E-state index in [1.54, 1.807) is 0 Å². The second-order valence-electron chi connectivity index (χ2n) is 4.44. The molecule has 1 aliphatic rings. The standard InChI is InChI=1S/C12H21N3/c1-4-13-8-11-12-7-5-6-9(2)15(12)10(3)14-11/h9,13H,4-8H2,1-3H3. The SMILES string of the molecule is CCNCc1nc(C)n2c1CCCC2C. The smallest absolute Gasteiger partial charge is 0.106 e. The molecule has 0 saturated carbocycles. The normalized spacial score (nSPS) is 20.3. The number of hydrogen-bond donors (Lipinski definition) is 1. The van der Waals surface area contributed by atoms with Crippen molar-refractivity contribution < 1.29 is 0 Å². The van der Waals surface area contributed by atoms with Crippen LogP contribution in [0.1, 0.15) is 49.9 Å². The lowest BCUT2D eigenvalue weighted by Crippen LogP contribution is -2.18. The van der Waals surface area contributed by atoms with Crippen molar-refractivity contribution in [1.82, 2.24) is 14.9 Å². The highest BCUT2D eigenvalue weighted by molar-refractivity contribution is 5.20. The van der Waals surface area contributed by atoms with Crippen LogP contribution >= 0.6 is 0 Å². The van der Waals surface area contributed by atoms with Crippen LogP contribution in [0.4, 0.5) is 0 Å². The first kappa shape index (κ1) is 10.7. The van der Waals surface area contributed by atoms with Crippen molar-refractivity contribution in [2.45, 2.75) is 52.6 Å². The van der Waals surface area contributed by atoms with Gasteiger partial charge in [-0.25, -0.2) is 4.98 Å². The molecule has 0 saturated heterocycles. The first-order valence-electron chi connectivity index (χ1n) is 6.01. The lowest BCUT2D eigenvalue weighted by Gasteiger charge is -2.24. The Bertz CT molecular complexity index is 341. The number of aryl methyl sites for hydroxylation is 1. The van der Waals surface area contributed by atoms with E-state index in [-0.39, 0.29) is 0 Å². The first-order valence-corrected chi connectivity index (χ1v) is 6.01.